The van der Waals surface area contributed by atoms with Crippen LogP contribution in [-0.4, -0.2) is 41.1 Å². The maximum absolute atomic E-state index is 12.3. The zero-order valence-electron chi connectivity index (χ0n) is 10.6. The fourth-order valence-corrected chi connectivity index (χ4v) is 2.14. The molecule has 5 nitrogen and oxygen atoms in total. The van der Waals surface area contributed by atoms with E-state index in [9.17, 15) is 4.79 Å². The standard InChI is InChI=1S/C12H13BrClN3O2/c1-16(2)5-6-17-11(8(14)7-15-17)12(18)9-3-4-10(13)19-9/h3-4,7H,5-6H2,1-2H3. The van der Waals surface area contributed by atoms with Crippen LogP contribution in [0, 0.1) is 0 Å². The van der Waals surface area contributed by atoms with Crippen molar-refractivity contribution in [1.82, 2.24) is 14.7 Å². The summed E-state index contributed by atoms with van der Waals surface area (Å²) in [6, 6.07) is 3.27. The van der Waals surface area contributed by atoms with Crippen LogP contribution in [0.25, 0.3) is 0 Å². The number of carbonyl (C=O) groups is 1. The van der Waals surface area contributed by atoms with E-state index < -0.39 is 0 Å². The average Bonchev–Trinajstić information content (AvgIpc) is 2.92. The Balaban J connectivity index is 2.28. The number of hydrogen-bond acceptors (Lipinski definition) is 4. The first-order chi connectivity index (χ1) is 8.99. The minimum Gasteiger partial charge on any atom is -0.446 e. The summed E-state index contributed by atoms with van der Waals surface area (Å²) >= 11 is 9.21. The Morgan fingerprint density at radius 1 is 1.53 bits per heavy atom. The predicted octanol–water partition coefficient (Wildman–Crippen LogP) is 2.68. The molecule has 2 aromatic rings. The Labute approximate surface area is 124 Å². The van der Waals surface area contributed by atoms with Gasteiger partial charge in [0.1, 0.15) is 5.69 Å². The van der Waals surface area contributed by atoms with Gasteiger partial charge in [0.15, 0.2) is 10.4 Å². The largest absolute Gasteiger partial charge is 0.446 e. The van der Waals surface area contributed by atoms with Crippen LogP contribution in [0.5, 0.6) is 0 Å². The van der Waals surface area contributed by atoms with Gasteiger partial charge in [-0.2, -0.15) is 5.10 Å². The average molecular weight is 347 g/mol. The number of carbonyl (C=O) groups excluding carboxylic acids is 1. The summed E-state index contributed by atoms with van der Waals surface area (Å²) in [6.07, 6.45) is 1.47. The molecule has 2 rings (SSSR count). The Kier molecular flexibility index (Phi) is 4.44. The summed E-state index contributed by atoms with van der Waals surface area (Å²) in [5.74, 6) is -0.0349. The van der Waals surface area contributed by atoms with E-state index >= 15 is 0 Å². The highest BCUT2D eigenvalue weighted by molar-refractivity contribution is 9.10. The molecule has 7 heteroatoms. The molecule has 0 aliphatic carbocycles. The Morgan fingerprint density at radius 3 is 2.84 bits per heavy atom. The third kappa shape index (κ3) is 3.26. The topological polar surface area (TPSA) is 51.3 Å². The number of ketones is 1. The molecule has 0 unspecified atom stereocenters. The van der Waals surface area contributed by atoms with Crippen molar-refractivity contribution in [3.05, 3.63) is 39.5 Å². The van der Waals surface area contributed by atoms with E-state index in [1.807, 2.05) is 19.0 Å². The summed E-state index contributed by atoms with van der Waals surface area (Å²) in [5, 5.41) is 4.45. The van der Waals surface area contributed by atoms with Crippen LogP contribution in [0.1, 0.15) is 16.2 Å². The molecule has 0 bridgehead atoms. The Morgan fingerprint density at radius 2 is 2.26 bits per heavy atom. The van der Waals surface area contributed by atoms with Crippen LogP contribution in [0.15, 0.2) is 27.4 Å². The summed E-state index contributed by atoms with van der Waals surface area (Å²) in [7, 11) is 3.91. The van der Waals surface area contributed by atoms with E-state index in [2.05, 4.69) is 21.0 Å². The highest BCUT2D eigenvalue weighted by Gasteiger charge is 2.21. The van der Waals surface area contributed by atoms with Gasteiger partial charge in [-0.15, -0.1) is 0 Å². The van der Waals surface area contributed by atoms with Crippen molar-refractivity contribution in [3.8, 4) is 0 Å². The molecule has 0 spiro atoms. The van der Waals surface area contributed by atoms with Crippen molar-refractivity contribution in [1.29, 1.82) is 0 Å². The van der Waals surface area contributed by atoms with Gasteiger partial charge >= 0.3 is 0 Å². The second kappa shape index (κ2) is 5.90. The molecule has 0 radical (unpaired) electrons. The molecule has 0 aliphatic heterocycles. The lowest BCUT2D eigenvalue weighted by Crippen LogP contribution is -2.21. The summed E-state index contributed by atoms with van der Waals surface area (Å²) in [5.41, 5.74) is 0.352. The van der Waals surface area contributed by atoms with Gasteiger partial charge < -0.3 is 9.32 Å². The Hall–Kier alpha value is -1.11. The van der Waals surface area contributed by atoms with Gasteiger partial charge in [-0.05, 0) is 42.2 Å². The molecule has 0 amide bonds. The molecule has 0 fully saturated rings. The minimum atomic E-state index is -0.271. The maximum atomic E-state index is 12.3. The SMILES string of the molecule is CN(C)CCn1ncc(Cl)c1C(=O)c1ccc(Br)o1. The summed E-state index contributed by atoms with van der Waals surface area (Å²) < 4.78 is 7.37. The third-order valence-electron chi connectivity index (χ3n) is 2.57. The van der Waals surface area contributed by atoms with Crippen molar-refractivity contribution in [2.75, 3.05) is 20.6 Å². The highest BCUT2D eigenvalue weighted by atomic mass is 79.9. The lowest BCUT2D eigenvalue weighted by Gasteiger charge is -2.11. The number of halogens is 2. The number of hydrogen-bond donors (Lipinski definition) is 0. The first-order valence-corrected chi connectivity index (χ1v) is 6.82. The van der Waals surface area contributed by atoms with Crippen molar-refractivity contribution >= 4 is 33.3 Å². The molecule has 102 valence electrons. The highest BCUT2D eigenvalue weighted by Crippen LogP contribution is 2.22. The minimum absolute atomic E-state index is 0.236. The van der Waals surface area contributed by atoms with Crippen molar-refractivity contribution < 1.29 is 9.21 Å². The second-order valence-corrected chi connectivity index (χ2v) is 5.49. The number of aromatic nitrogens is 2. The maximum Gasteiger partial charge on any atom is 0.247 e. The van der Waals surface area contributed by atoms with E-state index in [1.54, 1.807) is 16.8 Å². The van der Waals surface area contributed by atoms with Crippen LogP contribution in [0.3, 0.4) is 0 Å². The van der Waals surface area contributed by atoms with Crippen molar-refractivity contribution in [2.24, 2.45) is 0 Å². The van der Waals surface area contributed by atoms with Gasteiger partial charge in [0, 0.05) is 6.54 Å². The normalized spacial score (nSPS) is 11.2. The third-order valence-corrected chi connectivity index (χ3v) is 3.27. The number of likely N-dealkylation sites (N-methyl/N-ethyl adjacent to an activating group) is 1. The molecule has 2 aromatic heterocycles. The molecule has 0 atom stereocenters. The molecule has 0 saturated heterocycles. The first-order valence-electron chi connectivity index (χ1n) is 5.65. The van der Waals surface area contributed by atoms with Gasteiger partial charge in [0.25, 0.3) is 0 Å². The van der Waals surface area contributed by atoms with E-state index in [0.717, 1.165) is 6.54 Å². The van der Waals surface area contributed by atoms with Gasteiger partial charge in [-0.25, -0.2) is 0 Å². The van der Waals surface area contributed by atoms with Gasteiger partial charge in [0.05, 0.1) is 17.8 Å². The first kappa shape index (κ1) is 14.3. The zero-order valence-corrected chi connectivity index (χ0v) is 12.9. The van der Waals surface area contributed by atoms with Gasteiger partial charge in [-0.3, -0.25) is 9.48 Å². The molecule has 0 aromatic carbocycles. The summed E-state index contributed by atoms with van der Waals surface area (Å²) in [4.78, 5) is 14.3. The quantitative estimate of drug-likeness (QED) is 0.781. The lowest BCUT2D eigenvalue weighted by atomic mass is 10.2. The fraction of sp³-hybridized carbons (Fsp3) is 0.333. The van der Waals surface area contributed by atoms with E-state index in [0.29, 0.717) is 21.9 Å². The Bertz CT molecular complexity index is 592. The van der Waals surface area contributed by atoms with E-state index in [1.165, 1.54) is 6.20 Å². The molecule has 19 heavy (non-hydrogen) atoms. The monoisotopic (exact) mass is 345 g/mol. The van der Waals surface area contributed by atoms with Crippen LogP contribution in [0.4, 0.5) is 0 Å². The fourth-order valence-electron chi connectivity index (χ4n) is 1.61. The number of furan rings is 1. The van der Waals surface area contributed by atoms with Crippen LogP contribution >= 0.6 is 27.5 Å². The lowest BCUT2D eigenvalue weighted by molar-refractivity contribution is 0.0997. The molecule has 0 aliphatic rings. The molecule has 0 saturated carbocycles. The zero-order chi connectivity index (χ0) is 14.0. The van der Waals surface area contributed by atoms with E-state index in [-0.39, 0.29) is 11.5 Å². The van der Waals surface area contributed by atoms with E-state index in [4.69, 9.17) is 16.0 Å². The molecule has 2 heterocycles. The predicted molar refractivity (Wildman–Crippen MR) is 75.6 cm³/mol. The van der Waals surface area contributed by atoms with Crippen molar-refractivity contribution in [3.63, 3.8) is 0 Å². The molecular formula is C12H13BrClN3O2. The smallest absolute Gasteiger partial charge is 0.247 e. The second-order valence-electron chi connectivity index (χ2n) is 4.30. The molecule has 0 N–H and O–H groups in total. The van der Waals surface area contributed by atoms with Crippen LogP contribution in [-0.2, 0) is 6.54 Å². The van der Waals surface area contributed by atoms with Crippen LogP contribution < -0.4 is 0 Å². The molecular weight excluding hydrogens is 334 g/mol. The summed E-state index contributed by atoms with van der Waals surface area (Å²) in [6.45, 7) is 1.35. The van der Waals surface area contributed by atoms with Crippen LogP contribution in [0.2, 0.25) is 5.02 Å². The van der Waals surface area contributed by atoms with Gasteiger partial charge in [-0.1, -0.05) is 11.6 Å². The van der Waals surface area contributed by atoms with Crippen molar-refractivity contribution in [2.45, 2.75) is 6.54 Å². The number of nitrogens with zero attached hydrogens (tertiary/aromatic N) is 3. The number of rotatable bonds is 5. The van der Waals surface area contributed by atoms with Gasteiger partial charge in [0.2, 0.25) is 5.78 Å².